The van der Waals surface area contributed by atoms with Crippen LogP contribution in [0.2, 0.25) is 0 Å². The molecule has 5 nitrogen and oxygen atoms in total. The first kappa shape index (κ1) is 16.1. The van der Waals surface area contributed by atoms with E-state index in [1.54, 1.807) is 18.2 Å². The second-order valence-corrected chi connectivity index (χ2v) is 8.52. The lowest BCUT2D eigenvalue weighted by atomic mass is 10.1. The number of sulfonamides is 1. The van der Waals surface area contributed by atoms with Crippen LogP contribution in [-0.2, 0) is 27.7 Å². The molecule has 0 spiro atoms. The number of para-hydroxylation sites is 1. The Labute approximate surface area is 147 Å². The van der Waals surface area contributed by atoms with Gasteiger partial charge in [0.1, 0.15) is 0 Å². The average molecular weight is 356 g/mol. The van der Waals surface area contributed by atoms with Crippen LogP contribution in [0.5, 0.6) is 0 Å². The van der Waals surface area contributed by atoms with E-state index in [1.165, 1.54) is 4.31 Å². The van der Waals surface area contributed by atoms with E-state index in [2.05, 4.69) is 5.32 Å². The summed E-state index contributed by atoms with van der Waals surface area (Å²) in [6.07, 6.45) is 2.61. The fourth-order valence-corrected chi connectivity index (χ4v) is 5.47. The van der Waals surface area contributed by atoms with Crippen molar-refractivity contribution in [2.45, 2.75) is 43.5 Å². The Morgan fingerprint density at radius 3 is 2.72 bits per heavy atom. The number of benzene rings is 2. The minimum absolute atomic E-state index is 0.0172. The highest BCUT2D eigenvalue weighted by Gasteiger charge is 2.36. The molecule has 1 atom stereocenters. The third-order valence-electron chi connectivity index (χ3n) is 4.90. The summed E-state index contributed by atoms with van der Waals surface area (Å²) in [6.45, 7) is 1.93. The van der Waals surface area contributed by atoms with Crippen LogP contribution in [0, 0.1) is 0 Å². The number of rotatable bonds is 2. The maximum absolute atomic E-state index is 13.3. The third-order valence-corrected chi connectivity index (χ3v) is 6.83. The van der Waals surface area contributed by atoms with E-state index in [9.17, 15) is 13.2 Å². The summed E-state index contributed by atoms with van der Waals surface area (Å²) < 4.78 is 28.1. The summed E-state index contributed by atoms with van der Waals surface area (Å²) in [5.74, 6) is -0.0172. The number of carbonyl (C=O) groups excluding carboxylic acids is 1. The van der Waals surface area contributed by atoms with E-state index in [0.29, 0.717) is 12.8 Å². The Morgan fingerprint density at radius 1 is 1.08 bits per heavy atom. The predicted molar refractivity (Wildman–Crippen MR) is 97.3 cm³/mol. The summed E-state index contributed by atoms with van der Waals surface area (Å²) in [4.78, 5) is 12.0. The van der Waals surface area contributed by atoms with Crippen LogP contribution >= 0.6 is 0 Å². The van der Waals surface area contributed by atoms with Crippen molar-refractivity contribution in [2.75, 3.05) is 9.62 Å². The molecule has 2 heterocycles. The van der Waals surface area contributed by atoms with Gasteiger partial charge in [-0.1, -0.05) is 18.2 Å². The molecule has 0 saturated heterocycles. The van der Waals surface area contributed by atoms with Crippen LogP contribution in [0.1, 0.15) is 30.9 Å². The molecule has 0 bridgehead atoms. The number of fused-ring (bicyclic) bond motifs is 2. The lowest BCUT2D eigenvalue weighted by molar-refractivity contribution is -0.116. The highest BCUT2D eigenvalue weighted by Crippen LogP contribution is 2.37. The second-order valence-electron chi connectivity index (χ2n) is 6.70. The number of nitrogens with one attached hydrogen (secondary N) is 1. The average Bonchev–Trinajstić information content (AvgIpc) is 2.80. The van der Waals surface area contributed by atoms with E-state index in [-0.39, 0.29) is 16.8 Å². The molecule has 25 heavy (non-hydrogen) atoms. The topological polar surface area (TPSA) is 66.5 Å². The van der Waals surface area contributed by atoms with Crippen LogP contribution in [-0.4, -0.2) is 20.4 Å². The number of anilines is 2. The van der Waals surface area contributed by atoms with Crippen molar-refractivity contribution < 1.29 is 13.2 Å². The van der Waals surface area contributed by atoms with Crippen molar-refractivity contribution in [3.05, 3.63) is 53.6 Å². The van der Waals surface area contributed by atoms with Gasteiger partial charge in [0.2, 0.25) is 5.91 Å². The fraction of sp³-hybridized carbons (Fsp3) is 0.316. The van der Waals surface area contributed by atoms with Crippen molar-refractivity contribution in [3.8, 4) is 0 Å². The molecule has 0 fully saturated rings. The zero-order valence-corrected chi connectivity index (χ0v) is 14.8. The van der Waals surface area contributed by atoms with Crippen molar-refractivity contribution in [2.24, 2.45) is 0 Å². The lowest BCUT2D eigenvalue weighted by Crippen LogP contribution is -2.35. The molecule has 2 aromatic rings. The fourth-order valence-electron chi connectivity index (χ4n) is 3.73. The zero-order valence-electron chi connectivity index (χ0n) is 14.0. The molecule has 2 aliphatic rings. The summed E-state index contributed by atoms with van der Waals surface area (Å²) in [7, 11) is -3.64. The van der Waals surface area contributed by atoms with Gasteiger partial charge in [-0.15, -0.1) is 0 Å². The summed E-state index contributed by atoms with van der Waals surface area (Å²) in [5.41, 5.74) is 3.42. The van der Waals surface area contributed by atoms with E-state index in [1.807, 2.05) is 31.2 Å². The SMILES string of the molecule is C[C@@H]1Cc2ccccc2N1S(=O)(=O)c1ccc2c(c1)CCCC(=O)N2. The Morgan fingerprint density at radius 2 is 1.88 bits per heavy atom. The van der Waals surface area contributed by atoms with Crippen LogP contribution < -0.4 is 9.62 Å². The summed E-state index contributed by atoms with van der Waals surface area (Å²) in [6, 6.07) is 12.5. The van der Waals surface area contributed by atoms with Crippen LogP contribution in [0.3, 0.4) is 0 Å². The molecule has 0 aromatic heterocycles. The normalized spacial score (nSPS) is 19.8. The molecular weight excluding hydrogens is 336 g/mol. The molecular formula is C19H20N2O3S. The van der Waals surface area contributed by atoms with Gasteiger partial charge in [-0.2, -0.15) is 0 Å². The molecule has 0 saturated carbocycles. The molecule has 0 radical (unpaired) electrons. The van der Waals surface area contributed by atoms with Crippen molar-refractivity contribution >= 4 is 27.3 Å². The number of amides is 1. The second kappa shape index (κ2) is 5.88. The molecule has 0 unspecified atom stereocenters. The zero-order chi connectivity index (χ0) is 17.6. The van der Waals surface area contributed by atoms with Crippen molar-refractivity contribution in [1.29, 1.82) is 0 Å². The first-order chi connectivity index (χ1) is 12.0. The summed E-state index contributed by atoms with van der Waals surface area (Å²) in [5, 5.41) is 2.85. The summed E-state index contributed by atoms with van der Waals surface area (Å²) >= 11 is 0. The molecule has 6 heteroatoms. The molecule has 1 N–H and O–H groups in total. The highest BCUT2D eigenvalue weighted by molar-refractivity contribution is 7.92. The Bertz CT molecular complexity index is 953. The first-order valence-corrected chi connectivity index (χ1v) is 9.96. The van der Waals surface area contributed by atoms with Gasteiger partial charge in [-0.25, -0.2) is 8.42 Å². The van der Waals surface area contributed by atoms with Crippen molar-refractivity contribution in [1.82, 2.24) is 0 Å². The quantitative estimate of drug-likeness (QED) is 0.899. The van der Waals surface area contributed by atoms with Crippen molar-refractivity contribution in [3.63, 3.8) is 0 Å². The van der Waals surface area contributed by atoms with E-state index >= 15 is 0 Å². The lowest BCUT2D eigenvalue weighted by Gasteiger charge is -2.25. The molecule has 4 rings (SSSR count). The predicted octanol–water partition coefficient (Wildman–Crippen LogP) is 3.10. The van der Waals surface area contributed by atoms with Crippen LogP contribution in [0.25, 0.3) is 0 Å². The van der Waals surface area contributed by atoms with E-state index in [4.69, 9.17) is 0 Å². The number of hydrogen-bond donors (Lipinski definition) is 1. The van der Waals surface area contributed by atoms with Crippen LogP contribution in [0.4, 0.5) is 11.4 Å². The van der Waals surface area contributed by atoms with Gasteiger partial charge in [0.05, 0.1) is 10.6 Å². The van der Waals surface area contributed by atoms with Gasteiger partial charge in [0.15, 0.2) is 0 Å². The molecule has 1 amide bonds. The molecule has 0 aliphatic carbocycles. The Balaban J connectivity index is 1.77. The number of aryl methyl sites for hydroxylation is 1. The smallest absolute Gasteiger partial charge is 0.264 e. The third kappa shape index (κ3) is 2.70. The van der Waals surface area contributed by atoms with Gasteiger partial charge < -0.3 is 5.32 Å². The first-order valence-electron chi connectivity index (χ1n) is 8.52. The minimum Gasteiger partial charge on any atom is -0.326 e. The Kier molecular flexibility index (Phi) is 3.80. The maximum atomic E-state index is 13.3. The number of hydrogen-bond acceptors (Lipinski definition) is 3. The van der Waals surface area contributed by atoms with Gasteiger partial charge >= 0.3 is 0 Å². The molecule has 2 aromatic carbocycles. The monoisotopic (exact) mass is 356 g/mol. The Hall–Kier alpha value is -2.34. The number of carbonyl (C=O) groups is 1. The molecule has 130 valence electrons. The molecule has 2 aliphatic heterocycles. The standard InChI is InChI=1S/C19H20N2O3S/c1-13-11-15-5-2-3-7-18(15)21(13)25(23,24)16-9-10-17-14(12-16)6-4-8-19(22)20-17/h2-3,5,7,9-10,12-13H,4,6,8,11H2,1H3,(H,20,22)/t13-/m1/s1. The highest BCUT2D eigenvalue weighted by atomic mass is 32.2. The van der Waals surface area contributed by atoms with Gasteiger partial charge in [-0.05, 0) is 61.6 Å². The number of nitrogens with zero attached hydrogens (tertiary/aromatic N) is 1. The minimum atomic E-state index is -3.64. The van der Waals surface area contributed by atoms with E-state index in [0.717, 1.165) is 35.3 Å². The van der Waals surface area contributed by atoms with Crippen LogP contribution in [0.15, 0.2) is 47.4 Å². The van der Waals surface area contributed by atoms with E-state index < -0.39 is 10.0 Å². The largest absolute Gasteiger partial charge is 0.326 e. The van der Waals surface area contributed by atoms with Gasteiger partial charge in [0, 0.05) is 18.2 Å². The maximum Gasteiger partial charge on any atom is 0.264 e. The van der Waals surface area contributed by atoms with Gasteiger partial charge in [-0.3, -0.25) is 9.10 Å². The van der Waals surface area contributed by atoms with Gasteiger partial charge in [0.25, 0.3) is 10.0 Å².